The van der Waals surface area contributed by atoms with Gasteiger partial charge in [0.05, 0.1) is 22.1 Å². The van der Waals surface area contributed by atoms with E-state index in [0.29, 0.717) is 17.5 Å². The fourth-order valence-corrected chi connectivity index (χ4v) is 8.20. The van der Waals surface area contributed by atoms with E-state index in [9.17, 15) is 0 Å². The minimum atomic E-state index is 0.626. The third-order valence-electron chi connectivity index (χ3n) is 10.7. The van der Waals surface area contributed by atoms with Crippen molar-refractivity contribution in [3.63, 3.8) is 0 Å². The van der Waals surface area contributed by atoms with Gasteiger partial charge in [-0.3, -0.25) is 0 Å². The number of rotatable bonds is 6. The molecule has 0 amide bonds. The second-order valence-corrected chi connectivity index (χ2v) is 14.1. The number of aromatic nitrogens is 5. The van der Waals surface area contributed by atoms with Gasteiger partial charge in [-0.1, -0.05) is 152 Å². The molecule has 262 valence electrons. The van der Waals surface area contributed by atoms with Gasteiger partial charge in [0.2, 0.25) is 0 Å². The number of hydrogen-bond acceptors (Lipinski definition) is 3. The fraction of sp³-hybridized carbons (Fsp3) is 0. The lowest BCUT2D eigenvalue weighted by Gasteiger charge is -2.16. The molecular formula is C51H33N5. The van der Waals surface area contributed by atoms with Crippen LogP contribution in [0, 0.1) is 0 Å². The van der Waals surface area contributed by atoms with E-state index in [-0.39, 0.29) is 0 Å². The Hall–Kier alpha value is -7.63. The molecule has 0 aliphatic carbocycles. The van der Waals surface area contributed by atoms with E-state index in [0.717, 1.165) is 39.2 Å². The van der Waals surface area contributed by atoms with Gasteiger partial charge in [0, 0.05) is 49.6 Å². The maximum absolute atomic E-state index is 5.06. The highest BCUT2D eigenvalue weighted by molar-refractivity contribution is 6.10. The van der Waals surface area contributed by atoms with Crippen molar-refractivity contribution >= 4 is 43.6 Å². The Morgan fingerprint density at radius 2 is 0.589 bits per heavy atom. The Labute approximate surface area is 323 Å². The summed E-state index contributed by atoms with van der Waals surface area (Å²) in [6.45, 7) is 0. The zero-order chi connectivity index (χ0) is 37.0. The lowest BCUT2D eigenvalue weighted by atomic mass is 10.0. The molecule has 0 aliphatic heterocycles. The van der Waals surface area contributed by atoms with E-state index in [1.807, 2.05) is 60.7 Å². The summed E-state index contributed by atoms with van der Waals surface area (Å²) in [5.41, 5.74) is 11.8. The first-order valence-corrected chi connectivity index (χ1v) is 18.9. The van der Waals surface area contributed by atoms with Crippen LogP contribution in [0.5, 0.6) is 0 Å². The molecule has 8 aromatic carbocycles. The van der Waals surface area contributed by atoms with Gasteiger partial charge in [0.15, 0.2) is 17.5 Å². The standard InChI is InChI=1S/C51H33N5/c1-3-16-34(17-4-1)49-52-50(35-18-5-2-6-19-35)54-51(53-49)37-21-15-20-36(30-37)38-31-39(55-45-26-11-7-22-41(45)42-23-8-12-27-46(42)55)33-40(32-38)56-47-28-13-9-24-43(47)44-25-10-14-29-48(44)56/h1-33H. The molecule has 0 bridgehead atoms. The molecule has 0 saturated carbocycles. The van der Waals surface area contributed by atoms with Gasteiger partial charge < -0.3 is 9.13 Å². The highest BCUT2D eigenvalue weighted by Crippen LogP contribution is 2.38. The Bertz CT molecular complexity index is 2950. The minimum absolute atomic E-state index is 0.626. The van der Waals surface area contributed by atoms with Crippen LogP contribution in [0.25, 0.3) is 100 Å². The fourth-order valence-electron chi connectivity index (χ4n) is 8.20. The number of para-hydroxylation sites is 4. The van der Waals surface area contributed by atoms with Crippen LogP contribution in [-0.4, -0.2) is 24.1 Å². The van der Waals surface area contributed by atoms with Crippen LogP contribution in [0.4, 0.5) is 0 Å². The van der Waals surface area contributed by atoms with Crippen molar-refractivity contribution in [3.8, 4) is 56.7 Å². The first-order valence-electron chi connectivity index (χ1n) is 18.9. The van der Waals surface area contributed by atoms with E-state index in [2.05, 4.69) is 149 Å². The normalized spacial score (nSPS) is 11.6. The predicted octanol–water partition coefficient (Wildman–Crippen LogP) is 12.7. The van der Waals surface area contributed by atoms with Crippen LogP contribution in [-0.2, 0) is 0 Å². The van der Waals surface area contributed by atoms with Gasteiger partial charge in [0.1, 0.15) is 0 Å². The summed E-state index contributed by atoms with van der Waals surface area (Å²) in [7, 11) is 0. The van der Waals surface area contributed by atoms with Gasteiger partial charge in [-0.2, -0.15) is 0 Å². The van der Waals surface area contributed by atoms with Crippen LogP contribution >= 0.6 is 0 Å². The zero-order valence-corrected chi connectivity index (χ0v) is 30.3. The Kier molecular flexibility index (Phi) is 7.42. The Morgan fingerprint density at radius 1 is 0.250 bits per heavy atom. The highest BCUT2D eigenvalue weighted by Gasteiger charge is 2.18. The maximum atomic E-state index is 5.06. The summed E-state index contributed by atoms with van der Waals surface area (Å²) >= 11 is 0. The van der Waals surface area contributed by atoms with Gasteiger partial charge in [-0.25, -0.2) is 15.0 Å². The van der Waals surface area contributed by atoms with E-state index < -0.39 is 0 Å². The number of fused-ring (bicyclic) bond motifs is 6. The quantitative estimate of drug-likeness (QED) is 0.172. The number of benzene rings is 8. The molecule has 0 aliphatic rings. The summed E-state index contributed by atoms with van der Waals surface area (Å²) in [5, 5.41) is 4.92. The lowest BCUT2D eigenvalue weighted by Crippen LogP contribution is -2.01. The first-order chi connectivity index (χ1) is 27.8. The molecule has 56 heavy (non-hydrogen) atoms. The number of nitrogens with zero attached hydrogens (tertiary/aromatic N) is 5. The van der Waals surface area contributed by atoms with Crippen molar-refractivity contribution in [2.45, 2.75) is 0 Å². The molecule has 3 heterocycles. The van der Waals surface area contributed by atoms with Crippen molar-refractivity contribution in [2.75, 3.05) is 0 Å². The van der Waals surface area contributed by atoms with Crippen LogP contribution in [0.3, 0.4) is 0 Å². The van der Waals surface area contributed by atoms with E-state index in [1.165, 1.54) is 43.6 Å². The van der Waals surface area contributed by atoms with Crippen LogP contribution in [0.15, 0.2) is 200 Å². The molecular weight excluding hydrogens is 683 g/mol. The molecule has 0 spiro atoms. The molecule has 0 N–H and O–H groups in total. The summed E-state index contributed by atoms with van der Waals surface area (Å²) in [6.07, 6.45) is 0. The second-order valence-electron chi connectivity index (χ2n) is 14.1. The van der Waals surface area contributed by atoms with Crippen LogP contribution in [0.2, 0.25) is 0 Å². The molecule has 0 unspecified atom stereocenters. The minimum Gasteiger partial charge on any atom is -0.309 e. The molecule has 5 heteroatoms. The van der Waals surface area contributed by atoms with Crippen molar-refractivity contribution in [2.24, 2.45) is 0 Å². The largest absolute Gasteiger partial charge is 0.309 e. The van der Waals surface area contributed by atoms with Crippen molar-refractivity contribution < 1.29 is 0 Å². The van der Waals surface area contributed by atoms with E-state index >= 15 is 0 Å². The Balaban J connectivity index is 1.16. The SMILES string of the molecule is c1ccc(-c2nc(-c3ccccc3)nc(-c3cccc(-c4cc(-n5c6ccccc6c6ccccc65)cc(-n5c6ccccc6c6ccccc65)c4)c3)n2)cc1. The van der Waals surface area contributed by atoms with Gasteiger partial charge in [-0.15, -0.1) is 0 Å². The molecule has 0 radical (unpaired) electrons. The Morgan fingerprint density at radius 3 is 1.02 bits per heavy atom. The monoisotopic (exact) mass is 715 g/mol. The molecule has 0 atom stereocenters. The lowest BCUT2D eigenvalue weighted by molar-refractivity contribution is 1.07. The average molecular weight is 716 g/mol. The summed E-state index contributed by atoms with van der Waals surface area (Å²) in [6, 6.07) is 70.5. The third kappa shape index (κ3) is 5.29. The van der Waals surface area contributed by atoms with Crippen molar-refractivity contribution in [1.29, 1.82) is 0 Å². The molecule has 3 aromatic heterocycles. The van der Waals surface area contributed by atoms with Gasteiger partial charge in [-0.05, 0) is 59.7 Å². The van der Waals surface area contributed by atoms with Crippen molar-refractivity contribution in [1.82, 2.24) is 24.1 Å². The van der Waals surface area contributed by atoms with Gasteiger partial charge in [0.25, 0.3) is 0 Å². The number of hydrogen-bond donors (Lipinski definition) is 0. The maximum Gasteiger partial charge on any atom is 0.164 e. The average Bonchev–Trinajstić information content (AvgIpc) is 3.80. The molecule has 0 saturated heterocycles. The second kappa shape index (κ2) is 13.0. The topological polar surface area (TPSA) is 48.5 Å². The summed E-state index contributed by atoms with van der Waals surface area (Å²) in [4.78, 5) is 15.0. The van der Waals surface area contributed by atoms with Gasteiger partial charge >= 0.3 is 0 Å². The summed E-state index contributed by atoms with van der Waals surface area (Å²) in [5.74, 6) is 1.91. The molecule has 0 fully saturated rings. The van der Waals surface area contributed by atoms with E-state index in [4.69, 9.17) is 15.0 Å². The molecule has 11 aromatic rings. The first kappa shape index (κ1) is 31.9. The summed E-state index contributed by atoms with van der Waals surface area (Å²) < 4.78 is 4.80. The van der Waals surface area contributed by atoms with E-state index in [1.54, 1.807) is 0 Å². The van der Waals surface area contributed by atoms with Crippen molar-refractivity contribution in [3.05, 3.63) is 200 Å². The molecule has 5 nitrogen and oxygen atoms in total. The smallest absolute Gasteiger partial charge is 0.164 e. The highest BCUT2D eigenvalue weighted by atomic mass is 15.0. The predicted molar refractivity (Wildman–Crippen MR) is 230 cm³/mol. The van der Waals surface area contributed by atoms with Crippen LogP contribution in [0.1, 0.15) is 0 Å². The van der Waals surface area contributed by atoms with Crippen LogP contribution < -0.4 is 0 Å². The zero-order valence-electron chi connectivity index (χ0n) is 30.3. The molecule has 11 rings (SSSR count). The third-order valence-corrected chi connectivity index (χ3v) is 10.7.